The Bertz CT molecular complexity index is 311. The van der Waals surface area contributed by atoms with Crippen molar-refractivity contribution in [1.29, 1.82) is 0 Å². The fourth-order valence-corrected chi connectivity index (χ4v) is 3.23. The van der Waals surface area contributed by atoms with E-state index in [4.69, 9.17) is 9.47 Å². The summed E-state index contributed by atoms with van der Waals surface area (Å²) in [6, 6.07) is 0. The molecule has 0 bridgehead atoms. The molecule has 1 amide bonds. The Morgan fingerprint density at radius 1 is 1.37 bits per heavy atom. The number of carbonyl (C=O) groups excluding carboxylic acids is 1. The van der Waals surface area contributed by atoms with E-state index in [1.54, 1.807) is 7.11 Å². The topological polar surface area (TPSA) is 42.0 Å². The molecule has 1 atom stereocenters. The second-order valence-electron chi connectivity index (χ2n) is 5.77. The number of rotatable bonds is 3. The molecule has 0 aromatic heterocycles. The monoisotopic (exact) mass is 270 g/mol. The highest BCUT2D eigenvalue weighted by molar-refractivity contribution is 5.77. The van der Waals surface area contributed by atoms with E-state index < -0.39 is 0 Å². The van der Waals surface area contributed by atoms with Crippen molar-refractivity contribution < 1.29 is 14.3 Å². The van der Waals surface area contributed by atoms with E-state index in [1.807, 2.05) is 4.90 Å². The highest BCUT2D eigenvalue weighted by Crippen LogP contribution is 2.32. The minimum atomic E-state index is 0.105. The first-order valence-corrected chi connectivity index (χ1v) is 7.26. The van der Waals surface area contributed by atoms with Crippen molar-refractivity contribution in [3.63, 3.8) is 0 Å². The van der Waals surface area contributed by atoms with Gasteiger partial charge < -0.3 is 19.3 Å². The lowest BCUT2D eigenvalue weighted by atomic mass is 9.80. The quantitative estimate of drug-likeness (QED) is 0.753. The number of likely N-dealkylation sites (N-methyl/N-ethyl adjacent to an activating group) is 1. The number of ether oxygens (including phenoxy) is 2. The van der Waals surface area contributed by atoms with Crippen molar-refractivity contribution in [3.8, 4) is 0 Å². The number of hydrogen-bond donors (Lipinski definition) is 0. The summed E-state index contributed by atoms with van der Waals surface area (Å²) < 4.78 is 10.8. The van der Waals surface area contributed by atoms with Gasteiger partial charge >= 0.3 is 0 Å². The zero-order valence-electron chi connectivity index (χ0n) is 12.2. The fourth-order valence-electron chi connectivity index (χ4n) is 3.23. The van der Waals surface area contributed by atoms with Gasteiger partial charge in [-0.15, -0.1) is 0 Å². The molecule has 2 aliphatic rings. The molecule has 5 nitrogen and oxygen atoms in total. The van der Waals surface area contributed by atoms with E-state index in [-0.39, 0.29) is 17.9 Å². The summed E-state index contributed by atoms with van der Waals surface area (Å²) in [7, 11) is 1.57. The minimum absolute atomic E-state index is 0.105. The predicted molar refractivity (Wildman–Crippen MR) is 73.1 cm³/mol. The SMILES string of the molecule is CCN1CCOCC2(CCCN(C(=O)COC)C2)C1. The van der Waals surface area contributed by atoms with Gasteiger partial charge in [0.1, 0.15) is 6.61 Å². The normalized spacial score (nSPS) is 29.5. The molecule has 2 rings (SSSR count). The molecule has 110 valence electrons. The van der Waals surface area contributed by atoms with Crippen molar-refractivity contribution in [1.82, 2.24) is 9.80 Å². The third kappa shape index (κ3) is 3.68. The number of amides is 1. The van der Waals surface area contributed by atoms with Gasteiger partial charge in [0.25, 0.3) is 0 Å². The van der Waals surface area contributed by atoms with Crippen molar-refractivity contribution >= 4 is 5.91 Å². The summed E-state index contributed by atoms with van der Waals surface area (Å²) in [6.07, 6.45) is 2.22. The van der Waals surface area contributed by atoms with E-state index in [2.05, 4.69) is 11.8 Å². The van der Waals surface area contributed by atoms with Crippen molar-refractivity contribution in [2.75, 3.05) is 59.7 Å². The van der Waals surface area contributed by atoms with Crippen LogP contribution in [-0.4, -0.2) is 75.4 Å². The maximum absolute atomic E-state index is 12.0. The van der Waals surface area contributed by atoms with E-state index in [0.29, 0.717) is 0 Å². The van der Waals surface area contributed by atoms with E-state index in [1.165, 1.54) is 0 Å². The van der Waals surface area contributed by atoms with Crippen LogP contribution in [0.2, 0.25) is 0 Å². The molecule has 5 heteroatoms. The summed E-state index contributed by atoms with van der Waals surface area (Å²) in [6.45, 7) is 8.73. The molecular formula is C14H26N2O3. The van der Waals surface area contributed by atoms with Crippen LogP contribution in [0.15, 0.2) is 0 Å². The first kappa shape index (κ1) is 14.8. The Kier molecular flexibility index (Phi) is 5.19. The standard InChI is InChI=1S/C14H26N2O3/c1-3-15-7-8-19-12-14(10-15)5-4-6-16(11-14)13(17)9-18-2/h3-12H2,1-2H3. The van der Waals surface area contributed by atoms with Crippen LogP contribution in [0.3, 0.4) is 0 Å². The third-order valence-electron chi connectivity index (χ3n) is 4.25. The molecule has 0 saturated carbocycles. The Labute approximate surface area is 115 Å². The fraction of sp³-hybridized carbons (Fsp3) is 0.929. The second kappa shape index (κ2) is 6.68. The average Bonchev–Trinajstić information content (AvgIpc) is 2.61. The van der Waals surface area contributed by atoms with Gasteiger partial charge in [-0.05, 0) is 19.4 Å². The van der Waals surface area contributed by atoms with Crippen LogP contribution in [0.25, 0.3) is 0 Å². The number of likely N-dealkylation sites (tertiary alicyclic amines) is 1. The molecule has 2 heterocycles. The number of carbonyl (C=O) groups is 1. The Morgan fingerprint density at radius 3 is 2.95 bits per heavy atom. The molecule has 2 fully saturated rings. The van der Waals surface area contributed by atoms with Crippen LogP contribution < -0.4 is 0 Å². The van der Waals surface area contributed by atoms with E-state index in [0.717, 1.165) is 58.8 Å². The highest BCUT2D eigenvalue weighted by atomic mass is 16.5. The Hall–Kier alpha value is -0.650. The minimum Gasteiger partial charge on any atom is -0.379 e. The summed E-state index contributed by atoms with van der Waals surface area (Å²) >= 11 is 0. The lowest BCUT2D eigenvalue weighted by molar-refractivity contribution is -0.139. The highest BCUT2D eigenvalue weighted by Gasteiger charge is 2.39. The van der Waals surface area contributed by atoms with Gasteiger partial charge in [0.15, 0.2) is 0 Å². The summed E-state index contributed by atoms with van der Waals surface area (Å²) in [5.74, 6) is 0.105. The van der Waals surface area contributed by atoms with Crippen molar-refractivity contribution in [3.05, 3.63) is 0 Å². The Balaban J connectivity index is 2.02. The summed E-state index contributed by atoms with van der Waals surface area (Å²) in [4.78, 5) is 16.4. The zero-order chi connectivity index (χ0) is 13.7. The van der Waals surface area contributed by atoms with Crippen LogP contribution >= 0.6 is 0 Å². The second-order valence-corrected chi connectivity index (χ2v) is 5.77. The van der Waals surface area contributed by atoms with Crippen LogP contribution in [0, 0.1) is 5.41 Å². The molecule has 1 spiro atoms. The van der Waals surface area contributed by atoms with Gasteiger partial charge in [0.2, 0.25) is 5.91 Å². The summed E-state index contributed by atoms with van der Waals surface area (Å²) in [5.41, 5.74) is 0.119. The predicted octanol–water partition coefficient (Wildman–Crippen LogP) is 0.594. The lowest BCUT2D eigenvalue weighted by Gasteiger charge is -2.43. The van der Waals surface area contributed by atoms with Crippen molar-refractivity contribution in [2.45, 2.75) is 19.8 Å². The maximum atomic E-state index is 12.0. The van der Waals surface area contributed by atoms with Crippen LogP contribution in [-0.2, 0) is 14.3 Å². The smallest absolute Gasteiger partial charge is 0.248 e. The largest absolute Gasteiger partial charge is 0.379 e. The lowest BCUT2D eigenvalue weighted by Crippen LogP contribution is -2.52. The van der Waals surface area contributed by atoms with Gasteiger partial charge in [-0.2, -0.15) is 0 Å². The van der Waals surface area contributed by atoms with Crippen molar-refractivity contribution in [2.24, 2.45) is 5.41 Å². The van der Waals surface area contributed by atoms with E-state index in [9.17, 15) is 4.79 Å². The molecule has 19 heavy (non-hydrogen) atoms. The van der Waals surface area contributed by atoms with Crippen LogP contribution in [0.1, 0.15) is 19.8 Å². The molecule has 0 aromatic rings. The van der Waals surface area contributed by atoms with Crippen LogP contribution in [0.5, 0.6) is 0 Å². The van der Waals surface area contributed by atoms with E-state index >= 15 is 0 Å². The van der Waals surface area contributed by atoms with Gasteiger partial charge in [0, 0.05) is 38.7 Å². The first-order valence-electron chi connectivity index (χ1n) is 7.26. The molecule has 2 aliphatic heterocycles. The molecule has 0 N–H and O–H groups in total. The number of hydrogen-bond acceptors (Lipinski definition) is 4. The van der Waals surface area contributed by atoms with Gasteiger partial charge in [-0.25, -0.2) is 0 Å². The summed E-state index contributed by atoms with van der Waals surface area (Å²) in [5, 5.41) is 0. The number of piperidine rings is 1. The maximum Gasteiger partial charge on any atom is 0.248 e. The number of nitrogens with zero attached hydrogens (tertiary/aromatic N) is 2. The number of methoxy groups -OCH3 is 1. The molecular weight excluding hydrogens is 244 g/mol. The molecule has 0 aliphatic carbocycles. The first-order chi connectivity index (χ1) is 9.19. The van der Waals surface area contributed by atoms with Gasteiger partial charge in [-0.1, -0.05) is 6.92 Å². The molecule has 1 unspecified atom stereocenters. The van der Waals surface area contributed by atoms with Gasteiger partial charge in [-0.3, -0.25) is 4.79 Å². The third-order valence-corrected chi connectivity index (χ3v) is 4.25. The van der Waals surface area contributed by atoms with Crippen LogP contribution in [0.4, 0.5) is 0 Å². The zero-order valence-corrected chi connectivity index (χ0v) is 12.2. The Morgan fingerprint density at radius 2 is 2.21 bits per heavy atom. The molecule has 0 radical (unpaired) electrons. The molecule has 0 aromatic carbocycles. The average molecular weight is 270 g/mol. The molecule has 2 saturated heterocycles. The van der Waals surface area contributed by atoms with Gasteiger partial charge in [0.05, 0.1) is 13.2 Å².